The fourth-order valence-electron chi connectivity index (χ4n) is 7.02. The molecule has 2 saturated heterocycles. The van der Waals surface area contributed by atoms with Crippen LogP contribution in [0.5, 0.6) is 0 Å². The smallest absolute Gasteiger partial charge is 0.407 e. The van der Waals surface area contributed by atoms with Gasteiger partial charge >= 0.3 is 6.09 Å². The first-order chi connectivity index (χ1) is 18.3. The van der Waals surface area contributed by atoms with Gasteiger partial charge in [-0.3, -0.25) is 9.69 Å². The van der Waals surface area contributed by atoms with Gasteiger partial charge in [0.25, 0.3) is 5.56 Å². The van der Waals surface area contributed by atoms with Gasteiger partial charge in [-0.25, -0.2) is 9.78 Å². The van der Waals surface area contributed by atoms with Gasteiger partial charge in [0.2, 0.25) is 0 Å². The zero-order chi connectivity index (χ0) is 26.7. The molecule has 1 aromatic heterocycles. The molecule has 3 heterocycles. The minimum Gasteiger partial charge on any atom is -0.444 e. The highest BCUT2D eigenvalue weighted by molar-refractivity contribution is 5.76. The molecule has 8 nitrogen and oxygen atoms in total. The molecule has 0 radical (unpaired) electrons. The van der Waals surface area contributed by atoms with Crippen molar-refractivity contribution in [3.8, 4) is 0 Å². The number of benzene rings is 1. The van der Waals surface area contributed by atoms with Crippen LogP contribution in [0.1, 0.15) is 97.4 Å². The zero-order valence-electron chi connectivity index (χ0n) is 23.4. The van der Waals surface area contributed by atoms with Crippen LogP contribution in [0.15, 0.2) is 29.1 Å². The summed E-state index contributed by atoms with van der Waals surface area (Å²) < 4.78 is 7.32. The van der Waals surface area contributed by atoms with E-state index >= 15 is 0 Å². The predicted molar refractivity (Wildman–Crippen MR) is 152 cm³/mol. The van der Waals surface area contributed by atoms with E-state index in [1.807, 2.05) is 49.6 Å². The summed E-state index contributed by atoms with van der Waals surface area (Å²) in [6.07, 6.45) is 13.6. The van der Waals surface area contributed by atoms with Crippen molar-refractivity contribution < 1.29 is 9.53 Å². The fraction of sp³-hybridized carbons (Fsp3) is 0.700. The molecule has 2 bridgehead atoms. The molecular formula is C30H45N5O3. The van der Waals surface area contributed by atoms with Crippen LogP contribution < -0.4 is 16.2 Å². The number of aromatic nitrogens is 2. The molecule has 38 heavy (non-hydrogen) atoms. The van der Waals surface area contributed by atoms with E-state index in [1.54, 1.807) is 0 Å². The molecule has 3 aliphatic rings. The van der Waals surface area contributed by atoms with E-state index in [2.05, 4.69) is 20.5 Å². The first-order valence-electron chi connectivity index (χ1n) is 14.8. The Bertz CT molecular complexity index is 1150. The Hall–Kier alpha value is -2.61. The first kappa shape index (κ1) is 27.0. The van der Waals surface area contributed by atoms with Gasteiger partial charge in [0.05, 0.1) is 11.0 Å². The molecule has 1 aromatic carbocycles. The molecule has 1 amide bonds. The normalized spacial score (nSPS) is 25.1. The molecule has 2 N–H and O–H groups in total. The van der Waals surface area contributed by atoms with Crippen LogP contribution in [0.3, 0.4) is 0 Å². The summed E-state index contributed by atoms with van der Waals surface area (Å²) in [6, 6.07) is 10.0. The second kappa shape index (κ2) is 11.6. The van der Waals surface area contributed by atoms with E-state index in [-0.39, 0.29) is 11.6 Å². The fourth-order valence-corrected chi connectivity index (χ4v) is 7.02. The topological polar surface area (TPSA) is 88.5 Å². The number of nitrogens with one attached hydrogen (secondary N) is 2. The van der Waals surface area contributed by atoms with E-state index in [4.69, 9.17) is 4.74 Å². The summed E-state index contributed by atoms with van der Waals surface area (Å²) in [5, 5.41) is 5.93. The molecule has 208 valence electrons. The van der Waals surface area contributed by atoms with Crippen LogP contribution in [0.25, 0.3) is 11.0 Å². The van der Waals surface area contributed by atoms with Crippen molar-refractivity contribution in [2.75, 3.05) is 18.4 Å². The third kappa shape index (κ3) is 6.16. The van der Waals surface area contributed by atoms with Gasteiger partial charge in [-0.1, -0.05) is 44.2 Å². The van der Waals surface area contributed by atoms with Gasteiger partial charge in [0.15, 0.2) is 5.82 Å². The number of hydrogen-bond acceptors (Lipinski definition) is 6. The molecular weight excluding hydrogens is 478 g/mol. The van der Waals surface area contributed by atoms with Gasteiger partial charge in [0, 0.05) is 37.3 Å². The van der Waals surface area contributed by atoms with E-state index in [9.17, 15) is 9.59 Å². The Morgan fingerprint density at radius 2 is 1.58 bits per heavy atom. The Balaban J connectivity index is 1.31. The monoisotopic (exact) mass is 523 g/mol. The van der Waals surface area contributed by atoms with E-state index in [0.717, 1.165) is 23.9 Å². The van der Waals surface area contributed by atoms with Crippen LogP contribution in [-0.2, 0) is 4.74 Å². The Morgan fingerprint density at radius 1 is 0.921 bits per heavy atom. The van der Waals surface area contributed by atoms with Crippen molar-refractivity contribution in [2.45, 2.75) is 121 Å². The van der Waals surface area contributed by atoms with Crippen molar-refractivity contribution in [3.63, 3.8) is 0 Å². The number of piperidine rings is 1. The summed E-state index contributed by atoms with van der Waals surface area (Å²) in [5.74, 6) is 0.351. The van der Waals surface area contributed by atoms with Crippen LogP contribution in [-0.4, -0.2) is 57.4 Å². The lowest BCUT2D eigenvalue weighted by Gasteiger charge is -2.45. The second-order valence-corrected chi connectivity index (χ2v) is 12.4. The largest absolute Gasteiger partial charge is 0.444 e. The number of para-hydroxylation sites is 2. The number of rotatable bonds is 6. The minimum atomic E-state index is -0.546. The number of fused-ring (bicyclic) bond motifs is 3. The molecule has 0 unspecified atom stereocenters. The van der Waals surface area contributed by atoms with Crippen molar-refractivity contribution >= 4 is 22.9 Å². The Labute approximate surface area is 226 Å². The third-order valence-electron chi connectivity index (χ3n) is 8.51. The standard InChI is InChI=1S/C30H45N5O3/c1-30(2,3)38-29(37)32-18-17-31-27-28(36)35(26-14-10-9-13-25(26)33-27)24-19-22-15-16-23(20-24)34(22)21-11-7-5-4-6-8-12-21/h9-10,13-14,21-24H,4-8,11-12,15-20H2,1-3H3,(H,31,33)(H,32,37)/t22-,23+,24+. The maximum atomic E-state index is 13.8. The van der Waals surface area contributed by atoms with Crippen molar-refractivity contribution in [1.29, 1.82) is 0 Å². The summed E-state index contributed by atoms with van der Waals surface area (Å²) in [5.41, 5.74) is 1.13. The average molecular weight is 524 g/mol. The van der Waals surface area contributed by atoms with Crippen molar-refractivity contribution in [3.05, 3.63) is 34.6 Å². The highest BCUT2D eigenvalue weighted by Crippen LogP contribution is 2.44. The number of carbonyl (C=O) groups excluding carboxylic acids is 1. The predicted octanol–water partition coefficient (Wildman–Crippen LogP) is 5.61. The lowest BCUT2D eigenvalue weighted by atomic mass is 9.89. The highest BCUT2D eigenvalue weighted by atomic mass is 16.6. The van der Waals surface area contributed by atoms with Crippen molar-refractivity contribution in [2.24, 2.45) is 0 Å². The number of carbonyl (C=O) groups is 1. The van der Waals surface area contributed by atoms with Crippen LogP contribution >= 0.6 is 0 Å². The maximum absolute atomic E-state index is 13.8. The summed E-state index contributed by atoms with van der Waals surface area (Å²) in [6.45, 7) is 6.24. The SMILES string of the molecule is CC(C)(C)OC(=O)NCCNc1nc2ccccc2n([C@H]2C[C@H]3CC[C@@H](C2)N3C2CCCCCCC2)c1=O. The van der Waals surface area contributed by atoms with E-state index in [0.29, 0.717) is 37.0 Å². The molecule has 2 aromatic rings. The quantitative estimate of drug-likeness (QED) is 0.478. The van der Waals surface area contributed by atoms with E-state index < -0.39 is 11.7 Å². The highest BCUT2D eigenvalue weighted by Gasteiger charge is 2.44. The van der Waals surface area contributed by atoms with Crippen LogP contribution in [0.4, 0.5) is 10.6 Å². The van der Waals surface area contributed by atoms with Gasteiger partial charge in [0.1, 0.15) is 5.60 Å². The molecule has 5 rings (SSSR count). The summed E-state index contributed by atoms with van der Waals surface area (Å²) in [4.78, 5) is 33.3. The summed E-state index contributed by atoms with van der Waals surface area (Å²) in [7, 11) is 0. The van der Waals surface area contributed by atoms with Gasteiger partial charge < -0.3 is 19.9 Å². The number of anilines is 1. The van der Waals surface area contributed by atoms with Gasteiger partial charge in [-0.15, -0.1) is 0 Å². The van der Waals surface area contributed by atoms with Crippen LogP contribution in [0.2, 0.25) is 0 Å². The molecule has 1 aliphatic carbocycles. The third-order valence-corrected chi connectivity index (χ3v) is 8.51. The summed E-state index contributed by atoms with van der Waals surface area (Å²) >= 11 is 0. The Kier molecular flexibility index (Phi) is 8.26. The lowest BCUT2D eigenvalue weighted by molar-refractivity contribution is 0.0498. The average Bonchev–Trinajstić information content (AvgIpc) is 3.09. The zero-order valence-corrected chi connectivity index (χ0v) is 23.4. The van der Waals surface area contributed by atoms with Gasteiger partial charge in [-0.2, -0.15) is 0 Å². The first-order valence-corrected chi connectivity index (χ1v) is 14.8. The molecule has 1 saturated carbocycles. The number of alkyl carbamates (subject to hydrolysis) is 1. The lowest BCUT2D eigenvalue weighted by Crippen LogP contribution is -2.50. The second-order valence-electron chi connectivity index (χ2n) is 12.4. The number of amides is 1. The number of nitrogens with zero attached hydrogens (tertiary/aromatic N) is 3. The van der Waals surface area contributed by atoms with Crippen molar-refractivity contribution in [1.82, 2.24) is 19.8 Å². The molecule has 3 fully saturated rings. The molecule has 2 aliphatic heterocycles. The molecule has 3 atom stereocenters. The van der Waals surface area contributed by atoms with E-state index in [1.165, 1.54) is 57.8 Å². The number of ether oxygens (including phenoxy) is 1. The number of hydrogen-bond donors (Lipinski definition) is 2. The molecule has 8 heteroatoms. The maximum Gasteiger partial charge on any atom is 0.407 e. The van der Waals surface area contributed by atoms with Gasteiger partial charge in [-0.05, 0) is 71.4 Å². The van der Waals surface area contributed by atoms with Crippen LogP contribution in [0, 0.1) is 0 Å². The Morgan fingerprint density at radius 3 is 2.26 bits per heavy atom. The molecule has 0 spiro atoms. The minimum absolute atomic E-state index is 0.0650.